The van der Waals surface area contributed by atoms with E-state index >= 15 is 0 Å². The van der Waals surface area contributed by atoms with E-state index in [1.807, 2.05) is 29.6 Å². The number of alkyl halides is 1. The topological polar surface area (TPSA) is 286 Å². The number of hydrogen-bond donors (Lipinski definition) is 4. The van der Waals surface area contributed by atoms with Gasteiger partial charge in [0.15, 0.2) is 0 Å². The molecule has 0 saturated carbocycles. The number of benzene rings is 1. The van der Waals surface area contributed by atoms with Gasteiger partial charge in [-0.15, -0.1) is 18.2 Å². The molecule has 0 aromatic heterocycles. The Bertz CT molecular complexity index is 2160. The van der Waals surface area contributed by atoms with Crippen LogP contribution in [0.4, 0.5) is 0 Å². The third-order valence-electron chi connectivity index (χ3n) is 18.3. The molecule has 10 rings (SSSR count). The van der Waals surface area contributed by atoms with Gasteiger partial charge in [-0.1, -0.05) is 50.4 Å². The van der Waals surface area contributed by atoms with Gasteiger partial charge < -0.3 is 117 Å². The van der Waals surface area contributed by atoms with Gasteiger partial charge in [-0.05, 0) is 35.5 Å². The van der Waals surface area contributed by atoms with Crippen LogP contribution < -0.4 is 17.2 Å². The Balaban J connectivity index is 0.000000580. The van der Waals surface area contributed by atoms with E-state index in [0.717, 1.165) is 198 Å². The van der Waals surface area contributed by atoms with Crippen LogP contribution >= 0.6 is 47.8 Å². The molecule has 0 amide bonds. The van der Waals surface area contributed by atoms with Crippen LogP contribution in [-0.2, 0) is 106 Å². The number of nitrogens with two attached hydrogens (primary N) is 1. The van der Waals surface area contributed by atoms with Crippen LogP contribution in [0.2, 0.25) is 0 Å². The smallest absolute Gasteiger partial charge is 0.104 e. The maximum absolute atomic E-state index is 6.29. The van der Waals surface area contributed by atoms with Gasteiger partial charge in [0.1, 0.15) is 18.3 Å². The number of thioether (sulfide) groups is 2. The van der Waals surface area contributed by atoms with Crippen LogP contribution in [0.3, 0.4) is 0 Å². The second-order valence-electron chi connectivity index (χ2n) is 27.3. The predicted octanol–water partition coefficient (Wildman–Crippen LogP) is 5.08. The molecule has 1 aromatic rings. The number of fused-ring (bicyclic) bond motifs is 63. The highest BCUT2D eigenvalue weighted by molar-refractivity contribution is 7.99. The minimum Gasteiger partial charge on any atom is -0.379 e. The van der Waals surface area contributed by atoms with Crippen molar-refractivity contribution in [1.82, 2.24) is 40.9 Å². The Labute approximate surface area is 718 Å². The molecule has 9 aliphatic rings. The minimum absolute atomic E-state index is 0. The molecule has 1 aromatic carbocycles. The van der Waals surface area contributed by atoms with Crippen molar-refractivity contribution < 1.29 is 99.5 Å². The number of nitrogens with one attached hydrogen (secondary N) is 1. The molecule has 0 spiro atoms. The number of rotatable bonds is 25. The first kappa shape index (κ1) is 111. The first-order valence-electron chi connectivity index (χ1n) is 42.1. The van der Waals surface area contributed by atoms with Crippen LogP contribution in [0.5, 0.6) is 0 Å². The summed E-state index contributed by atoms with van der Waals surface area (Å²) in [5.41, 5.74) is 8.00. The van der Waals surface area contributed by atoms with Crippen LogP contribution in [-0.4, -0.2) is 471 Å². The molecular formula is C82H160ClN9O21S3. The highest BCUT2D eigenvalue weighted by atomic mass is 35.5. The maximum atomic E-state index is 6.29. The first-order valence-corrected chi connectivity index (χ1v) is 45.6. The van der Waals surface area contributed by atoms with Gasteiger partial charge >= 0.3 is 0 Å². The van der Waals surface area contributed by atoms with Gasteiger partial charge in [0.2, 0.25) is 0 Å². The van der Waals surface area contributed by atoms with E-state index in [1.54, 1.807) is 6.08 Å². The fraction of sp³-hybridized carbons (Fsp3) is 0.878. The second-order valence-corrected chi connectivity index (χ2v) is 30.6. The van der Waals surface area contributed by atoms with Crippen molar-refractivity contribution in [3.8, 4) is 0 Å². The van der Waals surface area contributed by atoms with Gasteiger partial charge in [-0.2, -0.15) is 36.2 Å². The molecule has 9 heterocycles. The average Bonchev–Trinajstić information content (AvgIpc) is 0.923. The Morgan fingerprint density at radius 3 is 0.931 bits per heavy atom. The fourth-order valence-electron chi connectivity index (χ4n) is 11.6. The van der Waals surface area contributed by atoms with Crippen LogP contribution in [0, 0.1) is 0 Å². The van der Waals surface area contributed by atoms with Crippen LogP contribution in [0.25, 0.3) is 6.08 Å². The lowest BCUT2D eigenvalue weighted by molar-refractivity contribution is -0.0699. The summed E-state index contributed by atoms with van der Waals surface area (Å²) in [5, 5.41) is 3.52. The molecule has 30 nitrogen and oxygen atoms in total. The third-order valence-corrected chi connectivity index (χ3v) is 21.2. The standard InChI is InChI=1S/C33H57N3O7S.C24H49N3O7S.C22H42N2O7.C2H5ClS.CH4.H3N/c1-2-31-4-6-32(7-5-31)28-34-8-27-44-26-3-15-41-29-33-30-42-20-13-35-9-16-37-22-24-39-18-11-36(14-21-43-33)12-19-40-25-23-38-17-10-35;25-2-21-35-20-1-9-32-22-24-23-33-14-7-26-3-10-28-16-18-30-12-5-27(8-15-34-24)6-13-31-19-17-29-11-4-26;1-2-9-29-20-22-21-30-14-7-23-3-10-25-16-18-27-12-5-24(8-15-31-22)6-13-28-19-17-26-11-4-23;3-1-2-4;;/h2,4-7,33-34H,1,3,8-30H2;24H,1-23,25H2;2,22H,1,3-21H2;4H,1-2H2;1H4;1H3. The summed E-state index contributed by atoms with van der Waals surface area (Å²) in [6.45, 7) is 49.0. The van der Waals surface area contributed by atoms with Gasteiger partial charge in [-0.25, -0.2) is 0 Å². The number of thiol groups is 1. The molecule has 0 radical (unpaired) electrons. The van der Waals surface area contributed by atoms with E-state index in [4.69, 9.17) is 117 Å². The molecule has 6 bridgehead atoms. The third kappa shape index (κ3) is 68.2. The van der Waals surface area contributed by atoms with Gasteiger partial charge in [0, 0.05) is 174 Å². The SMILES string of the molecule is C.C=CCOCC1COCCN2CCOCCOCCN(CCOCCOCC2)CCO1.C=Cc1ccc(CNCCSCCCOCC2COCCN3CCOCCOCCN(CCOCCOCC3)CCO2)cc1.N.NCCSCCCOCC1COCCN2CCOCCOCCN(CCOCCOCC2)CCO1.SCCCl. The quantitative estimate of drug-likeness (QED) is 0.0429. The van der Waals surface area contributed by atoms with Crippen molar-refractivity contribution in [3.63, 3.8) is 0 Å². The molecule has 116 heavy (non-hydrogen) atoms. The van der Waals surface area contributed by atoms with Gasteiger partial charge in [-0.3, -0.25) is 29.4 Å². The Morgan fingerprint density at radius 2 is 0.664 bits per heavy atom. The monoisotopic (exact) mass is 1740 g/mol. The lowest BCUT2D eigenvalue weighted by Crippen LogP contribution is -2.38. The zero-order valence-corrected chi connectivity index (χ0v) is 73.7. The Kier molecular flexibility index (Phi) is 82.2. The van der Waals surface area contributed by atoms with Crippen LogP contribution in [0.15, 0.2) is 43.5 Å². The summed E-state index contributed by atoms with van der Waals surface area (Å²) < 4.78 is 124. The molecule has 9 aliphatic heterocycles. The molecule has 684 valence electrons. The van der Waals surface area contributed by atoms with Crippen molar-refractivity contribution in [2.75, 3.05) is 423 Å². The summed E-state index contributed by atoms with van der Waals surface area (Å²) in [6, 6.07) is 8.52. The molecule has 6 N–H and O–H groups in total. The van der Waals surface area contributed by atoms with E-state index < -0.39 is 0 Å². The number of hydrogen-bond acceptors (Lipinski definition) is 33. The second kappa shape index (κ2) is 86.0. The van der Waals surface area contributed by atoms with Crippen LogP contribution in [0.1, 0.15) is 31.4 Å². The largest absolute Gasteiger partial charge is 0.379 e. The molecular weight excluding hydrogens is 1580 g/mol. The van der Waals surface area contributed by atoms with E-state index in [-0.39, 0.29) is 31.9 Å². The minimum atomic E-state index is -0.104. The molecule has 9 saturated heterocycles. The van der Waals surface area contributed by atoms with Crippen molar-refractivity contribution in [1.29, 1.82) is 0 Å². The summed E-state index contributed by atoms with van der Waals surface area (Å²) >= 11 is 12.7. The van der Waals surface area contributed by atoms with Gasteiger partial charge in [0.25, 0.3) is 0 Å². The number of nitrogens with zero attached hydrogens (tertiary/aromatic N) is 6. The van der Waals surface area contributed by atoms with Crippen molar-refractivity contribution in [2.24, 2.45) is 5.73 Å². The predicted molar refractivity (Wildman–Crippen MR) is 470 cm³/mol. The highest BCUT2D eigenvalue weighted by Crippen LogP contribution is 2.10. The zero-order valence-electron chi connectivity index (χ0n) is 70.4. The molecule has 3 unspecified atom stereocenters. The van der Waals surface area contributed by atoms with E-state index in [1.165, 1.54) is 5.56 Å². The summed E-state index contributed by atoms with van der Waals surface area (Å²) in [5.74, 6) is 5.68. The zero-order chi connectivity index (χ0) is 80.6. The molecule has 3 atom stereocenters. The van der Waals surface area contributed by atoms with E-state index in [0.29, 0.717) is 250 Å². The molecule has 9 fully saturated rings. The summed E-state index contributed by atoms with van der Waals surface area (Å²) in [6.07, 6.45) is 5.37. The average molecular weight is 1740 g/mol. The Morgan fingerprint density at radius 1 is 0.397 bits per heavy atom. The van der Waals surface area contributed by atoms with Crippen molar-refractivity contribution >= 4 is 53.8 Å². The number of halogens is 1. The Hall–Kier alpha value is -1.16. The maximum Gasteiger partial charge on any atom is 0.104 e. The molecule has 0 aliphatic carbocycles. The first-order chi connectivity index (χ1) is 56.5. The lowest BCUT2D eigenvalue weighted by Gasteiger charge is -2.26. The summed E-state index contributed by atoms with van der Waals surface area (Å²) in [4.78, 5) is 13.9. The van der Waals surface area contributed by atoms with E-state index in [2.05, 4.69) is 84.8 Å². The van der Waals surface area contributed by atoms with Crippen molar-refractivity contribution in [2.45, 2.75) is 45.1 Å². The van der Waals surface area contributed by atoms with E-state index in [9.17, 15) is 0 Å². The van der Waals surface area contributed by atoms with Crippen molar-refractivity contribution in [3.05, 3.63) is 54.6 Å². The molecule has 34 heteroatoms. The fourth-order valence-corrected chi connectivity index (χ4v) is 13.2. The van der Waals surface area contributed by atoms with Gasteiger partial charge in [0.05, 0.1) is 244 Å². The number of ether oxygens (including phenoxy) is 21. The summed E-state index contributed by atoms with van der Waals surface area (Å²) in [7, 11) is 0. The highest BCUT2D eigenvalue weighted by Gasteiger charge is 2.19. The normalized spacial score (nSPS) is 25.9. The lowest BCUT2D eigenvalue weighted by atomic mass is 10.1.